The summed E-state index contributed by atoms with van der Waals surface area (Å²) in [5, 5.41) is 3.55. The summed E-state index contributed by atoms with van der Waals surface area (Å²) < 4.78 is 10.7. The Morgan fingerprint density at radius 3 is 2.45 bits per heavy atom. The number of ether oxygens (including phenoxy) is 2. The minimum Gasteiger partial charge on any atom is -0.493 e. The topological polar surface area (TPSA) is 30.5 Å². The molecule has 3 nitrogen and oxygen atoms in total. The molecule has 20 heavy (non-hydrogen) atoms. The molecule has 1 aromatic rings. The molecule has 0 spiro atoms. The van der Waals surface area contributed by atoms with Gasteiger partial charge in [-0.05, 0) is 42.8 Å². The first kappa shape index (κ1) is 15.5. The average molecular weight is 295 g/mol. The van der Waals surface area contributed by atoms with Crippen molar-refractivity contribution in [2.75, 3.05) is 27.0 Å². The summed E-state index contributed by atoms with van der Waals surface area (Å²) in [4.78, 5) is 1.25. The SMILES string of the molecule is COc1cc(CNCCC2CCC2)c(SC)cc1OC. The molecule has 112 valence electrons. The Labute approximate surface area is 126 Å². The molecule has 1 fully saturated rings. The van der Waals surface area contributed by atoms with Gasteiger partial charge in [-0.3, -0.25) is 0 Å². The summed E-state index contributed by atoms with van der Waals surface area (Å²) in [6.07, 6.45) is 7.68. The van der Waals surface area contributed by atoms with Crippen LogP contribution >= 0.6 is 11.8 Å². The Morgan fingerprint density at radius 1 is 1.20 bits per heavy atom. The van der Waals surface area contributed by atoms with Crippen LogP contribution < -0.4 is 14.8 Å². The fourth-order valence-electron chi connectivity index (χ4n) is 2.54. The molecule has 0 unspecified atom stereocenters. The molecule has 0 aliphatic heterocycles. The molecule has 1 N–H and O–H groups in total. The van der Waals surface area contributed by atoms with Gasteiger partial charge in [0.15, 0.2) is 11.5 Å². The second-order valence-corrected chi connectivity index (χ2v) is 6.13. The zero-order valence-electron chi connectivity index (χ0n) is 12.7. The van der Waals surface area contributed by atoms with Crippen LogP contribution in [-0.4, -0.2) is 27.0 Å². The van der Waals surface area contributed by atoms with E-state index in [9.17, 15) is 0 Å². The molecule has 0 radical (unpaired) electrons. The van der Waals surface area contributed by atoms with Crippen LogP contribution in [0, 0.1) is 5.92 Å². The molecule has 1 aliphatic rings. The zero-order chi connectivity index (χ0) is 14.4. The van der Waals surface area contributed by atoms with Crippen LogP contribution in [-0.2, 0) is 6.54 Å². The first-order valence-corrected chi connectivity index (χ1v) is 8.50. The summed E-state index contributed by atoms with van der Waals surface area (Å²) in [6, 6.07) is 4.15. The van der Waals surface area contributed by atoms with Gasteiger partial charge in [0.25, 0.3) is 0 Å². The molecule has 1 saturated carbocycles. The fraction of sp³-hybridized carbons (Fsp3) is 0.625. The number of rotatable bonds is 8. The molecule has 1 aromatic carbocycles. The van der Waals surface area contributed by atoms with E-state index in [-0.39, 0.29) is 0 Å². The van der Waals surface area contributed by atoms with Crippen molar-refractivity contribution in [3.63, 3.8) is 0 Å². The molecule has 0 amide bonds. The molecule has 4 heteroatoms. The number of hydrogen-bond donors (Lipinski definition) is 1. The highest BCUT2D eigenvalue weighted by atomic mass is 32.2. The Kier molecular flexibility index (Phi) is 6.05. The molecule has 2 rings (SSSR count). The van der Waals surface area contributed by atoms with Crippen molar-refractivity contribution in [3.05, 3.63) is 17.7 Å². The Balaban J connectivity index is 1.94. The van der Waals surface area contributed by atoms with E-state index in [2.05, 4.69) is 23.7 Å². The van der Waals surface area contributed by atoms with E-state index in [1.807, 2.05) is 0 Å². The highest BCUT2D eigenvalue weighted by Crippen LogP contribution is 2.34. The summed E-state index contributed by atoms with van der Waals surface area (Å²) in [6.45, 7) is 2.00. The lowest BCUT2D eigenvalue weighted by Gasteiger charge is -2.25. The van der Waals surface area contributed by atoms with Crippen LogP contribution in [0.15, 0.2) is 17.0 Å². The average Bonchev–Trinajstić information content (AvgIpc) is 2.44. The third-order valence-corrected chi connectivity index (χ3v) is 4.88. The standard InChI is InChI=1S/C16H25NO2S/c1-18-14-9-13(16(20-3)10-15(14)19-2)11-17-8-7-12-5-4-6-12/h9-10,12,17H,4-8,11H2,1-3H3. The van der Waals surface area contributed by atoms with Gasteiger partial charge in [-0.2, -0.15) is 0 Å². The van der Waals surface area contributed by atoms with Crippen LogP contribution in [0.2, 0.25) is 0 Å². The third kappa shape index (κ3) is 3.83. The van der Waals surface area contributed by atoms with Crippen LogP contribution in [0.4, 0.5) is 0 Å². The van der Waals surface area contributed by atoms with Gasteiger partial charge < -0.3 is 14.8 Å². The van der Waals surface area contributed by atoms with E-state index in [4.69, 9.17) is 9.47 Å². The lowest BCUT2D eigenvalue weighted by molar-refractivity contribution is 0.292. The van der Waals surface area contributed by atoms with Gasteiger partial charge in [-0.25, -0.2) is 0 Å². The minimum absolute atomic E-state index is 0.801. The normalized spacial score (nSPS) is 14.9. The van der Waals surface area contributed by atoms with E-state index in [0.29, 0.717) is 0 Å². The van der Waals surface area contributed by atoms with Crippen molar-refractivity contribution >= 4 is 11.8 Å². The lowest BCUT2D eigenvalue weighted by Crippen LogP contribution is -2.21. The van der Waals surface area contributed by atoms with Gasteiger partial charge in [-0.1, -0.05) is 19.3 Å². The van der Waals surface area contributed by atoms with Crippen LogP contribution in [0.5, 0.6) is 11.5 Å². The van der Waals surface area contributed by atoms with Gasteiger partial charge in [0.05, 0.1) is 14.2 Å². The van der Waals surface area contributed by atoms with Crippen molar-refractivity contribution in [2.24, 2.45) is 5.92 Å². The summed E-state index contributed by atoms with van der Waals surface area (Å²) in [7, 11) is 3.36. The van der Waals surface area contributed by atoms with Crippen molar-refractivity contribution in [1.82, 2.24) is 5.32 Å². The van der Waals surface area contributed by atoms with E-state index >= 15 is 0 Å². The highest BCUT2D eigenvalue weighted by Gasteiger charge is 2.16. The maximum absolute atomic E-state index is 5.39. The molecule has 0 heterocycles. The molecule has 0 saturated heterocycles. The number of nitrogens with one attached hydrogen (secondary N) is 1. The maximum atomic E-state index is 5.39. The number of benzene rings is 1. The van der Waals surface area contributed by atoms with Crippen LogP contribution in [0.3, 0.4) is 0 Å². The summed E-state index contributed by atoms with van der Waals surface area (Å²) in [5.41, 5.74) is 1.28. The number of methoxy groups -OCH3 is 2. The first-order valence-electron chi connectivity index (χ1n) is 7.28. The zero-order valence-corrected chi connectivity index (χ0v) is 13.5. The van der Waals surface area contributed by atoms with E-state index < -0.39 is 0 Å². The number of thioether (sulfide) groups is 1. The smallest absolute Gasteiger partial charge is 0.161 e. The van der Waals surface area contributed by atoms with Crippen molar-refractivity contribution < 1.29 is 9.47 Å². The van der Waals surface area contributed by atoms with Crippen molar-refractivity contribution in [1.29, 1.82) is 0 Å². The molecular weight excluding hydrogens is 270 g/mol. The monoisotopic (exact) mass is 295 g/mol. The fourth-order valence-corrected chi connectivity index (χ4v) is 3.16. The highest BCUT2D eigenvalue weighted by molar-refractivity contribution is 7.98. The minimum atomic E-state index is 0.801. The number of hydrogen-bond acceptors (Lipinski definition) is 4. The lowest BCUT2D eigenvalue weighted by atomic mass is 9.83. The van der Waals surface area contributed by atoms with Crippen LogP contribution in [0.25, 0.3) is 0 Å². The van der Waals surface area contributed by atoms with Crippen molar-refractivity contribution in [2.45, 2.75) is 37.1 Å². The molecule has 0 atom stereocenters. The summed E-state index contributed by atoms with van der Waals surface area (Å²) in [5.74, 6) is 2.57. The third-order valence-electron chi connectivity index (χ3n) is 4.06. The van der Waals surface area contributed by atoms with Gasteiger partial charge in [-0.15, -0.1) is 11.8 Å². The Hall–Kier alpha value is -0.870. The van der Waals surface area contributed by atoms with E-state index in [1.165, 1.54) is 36.1 Å². The predicted octanol–water partition coefficient (Wildman–Crippen LogP) is 3.71. The first-order chi connectivity index (χ1) is 9.78. The van der Waals surface area contributed by atoms with E-state index in [1.54, 1.807) is 26.0 Å². The maximum Gasteiger partial charge on any atom is 0.161 e. The molecule has 1 aliphatic carbocycles. The van der Waals surface area contributed by atoms with Gasteiger partial charge in [0, 0.05) is 11.4 Å². The second kappa shape index (κ2) is 7.79. The molecular formula is C16H25NO2S. The second-order valence-electron chi connectivity index (χ2n) is 5.28. The van der Waals surface area contributed by atoms with Gasteiger partial charge in [0.2, 0.25) is 0 Å². The predicted molar refractivity (Wildman–Crippen MR) is 85.0 cm³/mol. The van der Waals surface area contributed by atoms with Crippen molar-refractivity contribution in [3.8, 4) is 11.5 Å². The van der Waals surface area contributed by atoms with E-state index in [0.717, 1.165) is 30.5 Å². The molecule has 0 bridgehead atoms. The molecule has 0 aromatic heterocycles. The van der Waals surface area contributed by atoms with Gasteiger partial charge >= 0.3 is 0 Å². The van der Waals surface area contributed by atoms with Gasteiger partial charge in [0.1, 0.15) is 0 Å². The Bertz CT molecular complexity index is 433. The summed E-state index contributed by atoms with van der Waals surface area (Å²) >= 11 is 1.75. The quantitative estimate of drug-likeness (QED) is 0.585. The van der Waals surface area contributed by atoms with Crippen LogP contribution in [0.1, 0.15) is 31.2 Å². The largest absolute Gasteiger partial charge is 0.493 e. The Morgan fingerprint density at radius 2 is 1.90 bits per heavy atom.